The lowest BCUT2D eigenvalue weighted by molar-refractivity contribution is -0.384. The van der Waals surface area contributed by atoms with E-state index < -0.39 is 4.92 Å². The first-order valence-electron chi connectivity index (χ1n) is 10.5. The van der Waals surface area contributed by atoms with Crippen LogP contribution in [0.15, 0.2) is 83.1 Å². The van der Waals surface area contributed by atoms with Crippen molar-refractivity contribution in [1.82, 2.24) is 4.98 Å². The summed E-state index contributed by atoms with van der Waals surface area (Å²) in [6, 6.07) is 20.5. The Morgan fingerprint density at radius 1 is 1.03 bits per heavy atom. The van der Waals surface area contributed by atoms with E-state index >= 15 is 0 Å². The molecule has 0 aliphatic heterocycles. The van der Waals surface area contributed by atoms with E-state index in [1.54, 1.807) is 18.2 Å². The molecule has 0 radical (unpaired) electrons. The molecular formula is C25H20N4O4S2. The van der Waals surface area contributed by atoms with E-state index in [1.807, 2.05) is 42.6 Å². The van der Waals surface area contributed by atoms with Crippen molar-refractivity contribution in [1.29, 1.82) is 0 Å². The zero-order valence-corrected chi connectivity index (χ0v) is 20.2. The Morgan fingerprint density at radius 2 is 1.77 bits per heavy atom. The maximum absolute atomic E-state index is 12.4. The van der Waals surface area contributed by atoms with Gasteiger partial charge in [0, 0.05) is 39.2 Å². The molecule has 8 nitrogen and oxygen atoms in total. The van der Waals surface area contributed by atoms with Crippen LogP contribution in [0.1, 0.15) is 15.9 Å². The summed E-state index contributed by atoms with van der Waals surface area (Å²) in [4.78, 5) is 40.4. The zero-order valence-electron chi connectivity index (χ0n) is 18.6. The number of nitro benzene ring substituents is 1. The fraction of sp³-hybridized carbons (Fsp3) is 0.0800. The van der Waals surface area contributed by atoms with E-state index in [4.69, 9.17) is 0 Å². The zero-order chi connectivity index (χ0) is 24.8. The number of rotatable bonds is 8. The number of thiazole rings is 1. The van der Waals surface area contributed by atoms with E-state index in [0.717, 1.165) is 16.2 Å². The van der Waals surface area contributed by atoms with Gasteiger partial charge in [-0.1, -0.05) is 35.9 Å². The van der Waals surface area contributed by atoms with Gasteiger partial charge in [0.15, 0.2) is 5.13 Å². The van der Waals surface area contributed by atoms with E-state index in [2.05, 4.69) is 15.6 Å². The molecule has 2 amide bonds. The van der Waals surface area contributed by atoms with Gasteiger partial charge in [0.1, 0.15) is 0 Å². The van der Waals surface area contributed by atoms with Gasteiger partial charge in [-0.25, -0.2) is 4.98 Å². The molecule has 1 heterocycles. The lowest BCUT2D eigenvalue weighted by atomic mass is 10.1. The number of carbonyl (C=O) groups excluding carboxylic acids is 2. The lowest BCUT2D eigenvalue weighted by Crippen LogP contribution is -2.14. The quantitative estimate of drug-likeness (QED) is 0.173. The van der Waals surface area contributed by atoms with E-state index in [9.17, 15) is 19.7 Å². The van der Waals surface area contributed by atoms with Crippen LogP contribution in [-0.4, -0.2) is 27.5 Å². The maximum Gasteiger partial charge on any atom is 0.269 e. The Hall–Kier alpha value is -4.02. The molecule has 0 aliphatic carbocycles. The lowest BCUT2D eigenvalue weighted by Gasteiger charge is -2.07. The van der Waals surface area contributed by atoms with Gasteiger partial charge in [-0.2, -0.15) is 0 Å². The second-order valence-electron chi connectivity index (χ2n) is 7.53. The van der Waals surface area contributed by atoms with Gasteiger partial charge in [-0.3, -0.25) is 19.7 Å². The molecule has 3 aromatic carbocycles. The monoisotopic (exact) mass is 504 g/mol. The third kappa shape index (κ3) is 6.52. The SMILES string of the molecule is Cc1ccc(-c2csc(NC(=O)CSc3cccc(NC(=O)c4ccc([N+](=O)[O-])cc4)c3)n2)cc1. The third-order valence-electron chi connectivity index (χ3n) is 4.90. The first-order chi connectivity index (χ1) is 16.9. The Kier molecular flexibility index (Phi) is 7.54. The second-order valence-corrected chi connectivity index (χ2v) is 9.43. The fourth-order valence-corrected chi connectivity index (χ4v) is 4.58. The highest BCUT2D eigenvalue weighted by Gasteiger charge is 2.12. The number of carbonyl (C=O) groups is 2. The maximum atomic E-state index is 12.4. The molecule has 0 bridgehead atoms. The van der Waals surface area contributed by atoms with Crippen molar-refractivity contribution >= 4 is 51.4 Å². The van der Waals surface area contributed by atoms with Gasteiger partial charge in [-0.05, 0) is 37.3 Å². The molecule has 2 N–H and O–H groups in total. The highest BCUT2D eigenvalue weighted by molar-refractivity contribution is 8.00. The van der Waals surface area contributed by atoms with Crippen LogP contribution in [0.4, 0.5) is 16.5 Å². The van der Waals surface area contributed by atoms with Crippen LogP contribution in [0.2, 0.25) is 0 Å². The van der Waals surface area contributed by atoms with Crippen molar-refractivity contribution in [2.45, 2.75) is 11.8 Å². The van der Waals surface area contributed by atoms with Crippen molar-refractivity contribution < 1.29 is 14.5 Å². The number of benzene rings is 3. The Morgan fingerprint density at radius 3 is 2.49 bits per heavy atom. The average Bonchev–Trinajstić information content (AvgIpc) is 3.32. The highest BCUT2D eigenvalue weighted by atomic mass is 32.2. The molecule has 35 heavy (non-hydrogen) atoms. The minimum absolute atomic E-state index is 0.0812. The molecule has 0 fully saturated rings. The summed E-state index contributed by atoms with van der Waals surface area (Å²) in [6.45, 7) is 2.02. The van der Waals surface area contributed by atoms with E-state index in [1.165, 1.54) is 52.9 Å². The van der Waals surface area contributed by atoms with Crippen LogP contribution in [0, 0.1) is 17.0 Å². The molecule has 10 heteroatoms. The first-order valence-corrected chi connectivity index (χ1v) is 12.3. The van der Waals surface area contributed by atoms with Crippen molar-refractivity contribution in [2.24, 2.45) is 0 Å². The molecule has 0 saturated carbocycles. The summed E-state index contributed by atoms with van der Waals surface area (Å²) in [5.41, 5.74) is 3.76. The topological polar surface area (TPSA) is 114 Å². The molecule has 1 aromatic heterocycles. The van der Waals surface area contributed by atoms with Crippen LogP contribution < -0.4 is 10.6 Å². The van der Waals surface area contributed by atoms with Crippen molar-refractivity contribution in [3.63, 3.8) is 0 Å². The van der Waals surface area contributed by atoms with Gasteiger partial charge < -0.3 is 10.6 Å². The number of aryl methyl sites for hydroxylation is 1. The van der Waals surface area contributed by atoms with Gasteiger partial charge in [-0.15, -0.1) is 23.1 Å². The number of aromatic nitrogens is 1. The molecule has 0 atom stereocenters. The molecule has 176 valence electrons. The summed E-state index contributed by atoms with van der Waals surface area (Å²) < 4.78 is 0. The number of hydrogen-bond donors (Lipinski definition) is 2. The molecule has 4 rings (SSSR count). The Bertz CT molecular complexity index is 1370. The highest BCUT2D eigenvalue weighted by Crippen LogP contribution is 2.26. The van der Waals surface area contributed by atoms with Crippen LogP contribution in [0.3, 0.4) is 0 Å². The van der Waals surface area contributed by atoms with Crippen LogP contribution in [0.25, 0.3) is 11.3 Å². The van der Waals surface area contributed by atoms with Crippen LogP contribution in [-0.2, 0) is 4.79 Å². The van der Waals surface area contributed by atoms with Gasteiger partial charge >= 0.3 is 0 Å². The molecule has 0 spiro atoms. The number of nitro groups is 1. The normalized spacial score (nSPS) is 10.5. The minimum Gasteiger partial charge on any atom is -0.322 e. The molecular weight excluding hydrogens is 484 g/mol. The third-order valence-corrected chi connectivity index (χ3v) is 6.65. The molecule has 4 aromatic rings. The summed E-state index contributed by atoms with van der Waals surface area (Å²) in [5.74, 6) is -0.382. The fourth-order valence-electron chi connectivity index (χ4n) is 3.09. The average molecular weight is 505 g/mol. The predicted molar refractivity (Wildman–Crippen MR) is 139 cm³/mol. The van der Waals surface area contributed by atoms with Crippen LogP contribution >= 0.6 is 23.1 Å². The number of anilines is 2. The number of nitrogens with one attached hydrogen (secondary N) is 2. The number of hydrogen-bond acceptors (Lipinski definition) is 7. The van der Waals surface area contributed by atoms with Gasteiger partial charge in [0.25, 0.3) is 11.6 Å². The van der Waals surface area contributed by atoms with Gasteiger partial charge in [0.2, 0.25) is 5.91 Å². The minimum atomic E-state index is -0.518. The van der Waals surface area contributed by atoms with E-state index in [-0.39, 0.29) is 23.3 Å². The summed E-state index contributed by atoms with van der Waals surface area (Å²) in [6.07, 6.45) is 0. The summed E-state index contributed by atoms with van der Waals surface area (Å²) in [7, 11) is 0. The van der Waals surface area contributed by atoms with Gasteiger partial charge in [0.05, 0.1) is 16.4 Å². The van der Waals surface area contributed by atoms with Crippen LogP contribution in [0.5, 0.6) is 0 Å². The second kappa shape index (κ2) is 10.9. The Labute approximate surface area is 209 Å². The Balaban J connectivity index is 1.31. The van der Waals surface area contributed by atoms with Crippen molar-refractivity contribution in [3.8, 4) is 11.3 Å². The number of non-ortho nitro benzene ring substituents is 1. The van der Waals surface area contributed by atoms with E-state index in [0.29, 0.717) is 16.4 Å². The van der Waals surface area contributed by atoms with Crippen molar-refractivity contribution in [3.05, 3.63) is 99.4 Å². The van der Waals surface area contributed by atoms with Crippen molar-refractivity contribution in [2.75, 3.05) is 16.4 Å². The smallest absolute Gasteiger partial charge is 0.269 e. The molecule has 0 unspecified atom stereocenters. The number of thioether (sulfide) groups is 1. The number of amides is 2. The number of nitrogens with zero attached hydrogens (tertiary/aromatic N) is 2. The standard InChI is InChI=1S/C25H20N4O4S2/c1-16-5-7-17(8-6-16)22-14-35-25(27-22)28-23(30)15-34-21-4-2-3-19(13-21)26-24(31)18-9-11-20(12-10-18)29(32)33/h2-14H,15H2,1H3,(H,26,31)(H,27,28,30). The molecule has 0 saturated heterocycles. The first kappa shape index (κ1) is 24.1. The molecule has 0 aliphatic rings. The predicted octanol–water partition coefficient (Wildman–Crippen LogP) is 6.01. The summed E-state index contributed by atoms with van der Waals surface area (Å²) in [5, 5.41) is 18.8. The summed E-state index contributed by atoms with van der Waals surface area (Å²) >= 11 is 2.70. The largest absolute Gasteiger partial charge is 0.322 e.